The zero-order valence-electron chi connectivity index (χ0n) is 10.7. The monoisotopic (exact) mass is 297 g/mol. The topological polar surface area (TPSA) is 95.5 Å². The van der Waals surface area contributed by atoms with Gasteiger partial charge in [-0.3, -0.25) is 14.6 Å². The highest BCUT2D eigenvalue weighted by Crippen LogP contribution is 2.21. The minimum absolute atomic E-state index is 0.144. The summed E-state index contributed by atoms with van der Waals surface area (Å²) in [6.45, 7) is 3.89. The van der Waals surface area contributed by atoms with Gasteiger partial charge >= 0.3 is 0 Å². The molecule has 0 unspecified atom stereocenters. The minimum atomic E-state index is -4.19. The molecule has 20 heavy (non-hydrogen) atoms. The van der Waals surface area contributed by atoms with E-state index in [2.05, 4.69) is 15.1 Å². The van der Waals surface area contributed by atoms with Crippen molar-refractivity contribution < 1.29 is 17.7 Å². The molecule has 0 spiro atoms. The van der Waals surface area contributed by atoms with Crippen LogP contribution in [-0.2, 0) is 21.4 Å². The van der Waals surface area contributed by atoms with Crippen LogP contribution in [0.5, 0.6) is 0 Å². The summed E-state index contributed by atoms with van der Waals surface area (Å²) in [4.78, 5) is 2.10. The lowest BCUT2D eigenvalue weighted by Gasteiger charge is -2.25. The molecule has 3 rings (SSSR count). The van der Waals surface area contributed by atoms with Crippen LogP contribution in [0, 0.1) is 0 Å². The maximum absolute atomic E-state index is 11.1. The third kappa shape index (κ3) is 2.68. The van der Waals surface area contributed by atoms with E-state index in [4.69, 9.17) is 9.29 Å². The van der Waals surface area contributed by atoms with Gasteiger partial charge in [0.1, 0.15) is 0 Å². The summed E-state index contributed by atoms with van der Waals surface area (Å²) in [6.07, 6.45) is 0. The Balaban J connectivity index is 1.89. The highest BCUT2D eigenvalue weighted by Gasteiger charge is 2.16. The van der Waals surface area contributed by atoms with E-state index in [0.29, 0.717) is 12.1 Å². The number of aromatic amines is 1. The van der Waals surface area contributed by atoms with E-state index in [1.807, 2.05) is 0 Å². The van der Waals surface area contributed by atoms with E-state index in [1.54, 1.807) is 6.07 Å². The second-order valence-corrected chi connectivity index (χ2v) is 6.17. The smallest absolute Gasteiger partial charge is 0.294 e. The molecule has 2 heterocycles. The lowest BCUT2D eigenvalue weighted by Crippen LogP contribution is -2.35. The van der Waals surface area contributed by atoms with Crippen LogP contribution in [0.3, 0.4) is 0 Å². The van der Waals surface area contributed by atoms with Gasteiger partial charge in [0.2, 0.25) is 0 Å². The molecule has 0 amide bonds. The van der Waals surface area contributed by atoms with Crippen LogP contribution in [0.1, 0.15) is 5.69 Å². The zero-order valence-corrected chi connectivity index (χ0v) is 11.6. The van der Waals surface area contributed by atoms with Crippen LogP contribution in [0.4, 0.5) is 0 Å². The first-order valence-electron chi connectivity index (χ1n) is 6.28. The summed E-state index contributed by atoms with van der Waals surface area (Å²) >= 11 is 0. The van der Waals surface area contributed by atoms with Crippen molar-refractivity contribution in [1.82, 2.24) is 15.1 Å². The molecule has 0 atom stereocenters. The predicted octanol–water partition coefficient (Wildman–Crippen LogP) is 0.642. The molecule has 8 heteroatoms. The lowest BCUT2D eigenvalue weighted by atomic mass is 10.2. The molecule has 0 aliphatic carbocycles. The standard InChI is InChI=1S/C12H15N3O4S/c16-20(17,18)9-1-2-10-11(7-9)13-14-12(10)8-15-3-5-19-6-4-15/h1-2,7H,3-6,8H2,(H,13,14)(H,16,17,18). The van der Waals surface area contributed by atoms with Crippen molar-refractivity contribution in [3.05, 3.63) is 23.9 Å². The summed E-state index contributed by atoms with van der Waals surface area (Å²) < 4.78 is 36.5. The van der Waals surface area contributed by atoms with E-state index in [1.165, 1.54) is 12.1 Å². The summed E-state index contributed by atoms with van der Waals surface area (Å²) in [5.41, 5.74) is 1.46. The lowest BCUT2D eigenvalue weighted by molar-refractivity contribution is 0.0338. The molecule has 1 aromatic heterocycles. The summed E-state index contributed by atoms with van der Waals surface area (Å²) in [7, 11) is -4.19. The van der Waals surface area contributed by atoms with Crippen molar-refractivity contribution in [2.24, 2.45) is 0 Å². The first-order valence-corrected chi connectivity index (χ1v) is 7.72. The Morgan fingerprint density at radius 3 is 2.80 bits per heavy atom. The number of nitrogens with zero attached hydrogens (tertiary/aromatic N) is 2. The fourth-order valence-corrected chi connectivity index (χ4v) is 2.81. The molecule has 7 nitrogen and oxygen atoms in total. The van der Waals surface area contributed by atoms with Crippen LogP contribution in [0.15, 0.2) is 23.1 Å². The van der Waals surface area contributed by atoms with Crippen molar-refractivity contribution in [3.8, 4) is 0 Å². The number of aromatic nitrogens is 2. The van der Waals surface area contributed by atoms with E-state index in [0.717, 1.165) is 37.4 Å². The van der Waals surface area contributed by atoms with Crippen LogP contribution in [0.2, 0.25) is 0 Å². The zero-order chi connectivity index (χ0) is 14.2. The first-order chi connectivity index (χ1) is 9.54. The van der Waals surface area contributed by atoms with Crippen molar-refractivity contribution in [1.29, 1.82) is 0 Å². The maximum atomic E-state index is 11.1. The Kier molecular flexibility index (Phi) is 3.47. The molecule has 0 bridgehead atoms. The molecule has 1 saturated heterocycles. The predicted molar refractivity (Wildman–Crippen MR) is 72.0 cm³/mol. The molecule has 108 valence electrons. The van der Waals surface area contributed by atoms with Crippen molar-refractivity contribution in [3.63, 3.8) is 0 Å². The molecule has 0 radical (unpaired) electrons. The molecule has 1 aromatic carbocycles. The van der Waals surface area contributed by atoms with Crippen molar-refractivity contribution in [2.75, 3.05) is 26.3 Å². The molecule has 1 aliphatic heterocycles. The number of H-pyrrole nitrogens is 1. The van der Waals surface area contributed by atoms with Crippen LogP contribution >= 0.6 is 0 Å². The highest BCUT2D eigenvalue weighted by atomic mass is 32.2. The third-order valence-corrected chi connectivity index (χ3v) is 4.24. The Bertz CT molecular complexity index is 719. The first kappa shape index (κ1) is 13.5. The molecule has 1 fully saturated rings. The van der Waals surface area contributed by atoms with Gasteiger partial charge in [-0.25, -0.2) is 0 Å². The second-order valence-electron chi connectivity index (χ2n) is 4.74. The molecular formula is C12H15N3O4S. The number of morpholine rings is 1. The Labute approximate surface area is 116 Å². The van der Waals surface area contributed by atoms with Crippen molar-refractivity contribution in [2.45, 2.75) is 11.4 Å². The Hall–Kier alpha value is -1.48. The fourth-order valence-electron chi connectivity index (χ4n) is 2.31. The Morgan fingerprint density at radius 2 is 2.10 bits per heavy atom. The number of hydrogen-bond donors (Lipinski definition) is 2. The SMILES string of the molecule is O=S(=O)(O)c1ccc2c(CN3CCOCC3)[nH]nc2c1. The number of nitrogens with one attached hydrogen (secondary N) is 1. The average molecular weight is 297 g/mol. The van der Waals surface area contributed by atoms with Gasteiger partial charge in [0.05, 0.1) is 29.3 Å². The van der Waals surface area contributed by atoms with Gasteiger partial charge < -0.3 is 4.74 Å². The quantitative estimate of drug-likeness (QED) is 0.807. The van der Waals surface area contributed by atoms with Gasteiger partial charge in [0.25, 0.3) is 10.1 Å². The number of benzene rings is 1. The molecule has 1 aliphatic rings. The van der Waals surface area contributed by atoms with Crippen LogP contribution < -0.4 is 0 Å². The molecule has 2 N–H and O–H groups in total. The highest BCUT2D eigenvalue weighted by molar-refractivity contribution is 7.85. The van der Waals surface area contributed by atoms with E-state index < -0.39 is 10.1 Å². The molecule has 0 saturated carbocycles. The number of rotatable bonds is 3. The summed E-state index contributed by atoms with van der Waals surface area (Å²) in [5, 5.41) is 7.90. The van der Waals surface area contributed by atoms with Gasteiger partial charge in [0.15, 0.2) is 0 Å². The normalized spacial score (nSPS) is 17.6. The Morgan fingerprint density at radius 1 is 1.35 bits per heavy atom. The van der Waals surface area contributed by atoms with E-state index in [9.17, 15) is 8.42 Å². The summed E-state index contributed by atoms with van der Waals surface area (Å²) in [6, 6.07) is 4.41. The van der Waals surface area contributed by atoms with Gasteiger partial charge in [-0.1, -0.05) is 0 Å². The maximum Gasteiger partial charge on any atom is 0.294 e. The van der Waals surface area contributed by atoms with E-state index >= 15 is 0 Å². The number of fused-ring (bicyclic) bond motifs is 1. The van der Waals surface area contributed by atoms with Crippen LogP contribution in [-0.4, -0.2) is 54.4 Å². The number of ether oxygens (including phenoxy) is 1. The van der Waals surface area contributed by atoms with Crippen molar-refractivity contribution >= 4 is 21.0 Å². The molecule has 2 aromatic rings. The largest absolute Gasteiger partial charge is 0.379 e. The molecular weight excluding hydrogens is 282 g/mol. The second kappa shape index (κ2) is 5.13. The number of hydrogen-bond acceptors (Lipinski definition) is 5. The van der Waals surface area contributed by atoms with Gasteiger partial charge in [-0.15, -0.1) is 0 Å². The van der Waals surface area contributed by atoms with Gasteiger partial charge in [0, 0.05) is 25.0 Å². The third-order valence-electron chi connectivity index (χ3n) is 3.39. The van der Waals surface area contributed by atoms with Gasteiger partial charge in [-0.2, -0.15) is 13.5 Å². The van der Waals surface area contributed by atoms with Crippen LogP contribution in [0.25, 0.3) is 10.9 Å². The van der Waals surface area contributed by atoms with Gasteiger partial charge in [-0.05, 0) is 18.2 Å². The average Bonchev–Trinajstić information content (AvgIpc) is 2.81. The minimum Gasteiger partial charge on any atom is -0.379 e. The van der Waals surface area contributed by atoms with E-state index in [-0.39, 0.29) is 4.90 Å². The fraction of sp³-hybridized carbons (Fsp3) is 0.417. The summed E-state index contributed by atoms with van der Waals surface area (Å²) in [5.74, 6) is 0.